The molecule has 0 unspecified atom stereocenters. The van der Waals surface area contributed by atoms with Crippen LogP contribution in [0.2, 0.25) is 0 Å². The van der Waals surface area contributed by atoms with Crippen LogP contribution in [0.4, 0.5) is 4.39 Å². The van der Waals surface area contributed by atoms with Gasteiger partial charge in [-0.3, -0.25) is 9.78 Å². The SMILES string of the molecule is O=C(NCc1ccc(OCc2cccnc2)cc1)C1(c2cccc(F)c2)CCCC1. The first-order valence-electron chi connectivity index (χ1n) is 10.3. The molecule has 1 heterocycles. The lowest BCUT2D eigenvalue weighted by molar-refractivity contribution is -0.126. The molecule has 1 saturated carbocycles. The molecule has 30 heavy (non-hydrogen) atoms. The minimum Gasteiger partial charge on any atom is -0.489 e. The normalized spacial score (nSPS) is 15.0. The van der Waals surface area contributed by atoms with Gasteiger partial charge in [0.2, 0.25) is 5.91 Å². The van der Waals surface area contributed by atoms with E-state index >= 15 is 0 Å². The van der Waals surface area contributed by atoms with Crippen LogP contribution in [-0.4, -0.2) is 10.9 Å². The van der Waals surface area contributed by atoms with E-state index in [0.717, 1.165) is 48.1 Å². The van der Waals surface area contributed by atoms with E-state index < -0.39 is 5.41 Å². The molecule has 4 rings (SSSR count). The van der Waals surface area contributed by atoms with Crippen LogP contribution in [0, 0.1) is 5.82 Å². The van der Waals surface area contributed by atoms with Gasteiger partial charge in [-0.05, 0) is 54.3 Å². The number of carbonyl (C=O) groups is 1. The first kappa shape index (κ1) is 20.1. The van der Waals surface area contributed by atoms with Gasteiger partial charge in [-0.15, -0.1) is 0 Å². The number of aromatic nitrogens is 1. The zero-order valence-electron chi connectivity index (χ0n) is 16.8. The molecule has 1 N–H and O–H groups in total. The summed E-state index contributed by atoms with van der Waals surface area (Å²) in [7, 11) is 0. The average molecular weight is 404 g/mol. The van der Waals surface area contributed by atoms with Gasteiger partial charge in [-0.2, -0.15) is 0 Å². The van der Waals surface area contributed by atoms with Crippen LogP contribution in [0.15, 0.2) is 73.1 Å². The van der Waals surface area contributed by atoms with Crippen molar-refractivity contribution in [1.82, 2.24) is 10.3 Å². The Hall–Kier alpha value is -3.21. The molecule has 154 valence electrons. The Balaban J connectivity index is 1.37. The van der Waals surface area contributed by atoms with Crippen molar-refractivity contribution < 1.29 is 13.9 Å². The summed E-state index contributed by atoms with van der Waals surface area (Å²) >= 11 is 0. The second-order valence-corrected chi connectivity index (χ2v) is 7.78. The maximum atomic E-state index is 13.8. The van der Waals surface area contributed by atoms with Crippen LogP contribution in [0.5, 0.6) is 5.75 Å². The molecule has 4 nitrogen and oxygen atoms in total. The molecular weight excluding hydrogens is 379 g/mol. The monoisotopic (exact) mass is 404 g/mol. The second-order valence-electron chi connectivity index (χ2n) is 7.78. The summed E-state index contributed by atoms with van der Waals surface area (Å²) in [4.78, 5) is 17.2. The van der Waals surface area contributed by atoms with E-state index in [-0.39, 0.29) is 11.7 Å². The van der Waals surface area contributed by atoms with E-state index in [1.165, 1.54) is 12.1 Å². The lowest BCUT2D eigenvalue weighted by Crippen LogP contribution is -2.42. The molecule has 0 atom stereocenters. The second kappa shape index (κ2) is 9.08. The topological polar surface area (TPSA) is 51.2 Å². The number of carbonyl (C=O) groups excluding carboxylic acids is 1. The summed E-state index contributed by atoms with van der Waals surface area (Å²) in [6.07, 6.45) is 6.98. The predicted octanol–water partition coefficient (Wildman–Crippen LogP) is 4.93. The third-order valence-electron chi connectivity index (χ3n) is 5.77. The maximum absolute atomic E-state index is 13.8. The van der Waals surface area contributed by atoms with Crippen LogP contribution in [0.3, 0.4) is 0 Å². The maximum Gasteiger partial charge on any atom is 0.230 e. The van der Waals surface area contributed by atoms with Crippen molar-refractivity contribution in [1.29, 1.82) is 0 Å². The van der Waals surface area contributed by atoms with Crippen LogP contribution >= 0.6 is 0 Å². The zero-order chi connectivity index (χ0) is 20.8. The summed E-state index contributed by atoms with van der Waals surface area (Å²) in [5.74, 6) is 0.442. The van der Waals surface area contributed by atoms with E-state index in [9.17, 15) is 9.18 Å². The summed E-state index contributed by atoms with van der Waals surface area (Å²) in [5.41, 5.74) is 2.14. The van der Waals surface area contributed by atoms with Crippen molar-refractivity contribution in [2.45, 2.75) is 44.2 Å². The highest BCUT2D eigenvalue weighted by atomic mass is 19.1. The Morgan fingerprint density at radius 2 is 1.83 bits per heavy atom. The third-order valence-corrected chi connectivity index (χ3v) is 5.77. The summed E-state index contributed by atoms with van der Waals surface area (Å²) in [5, 5.41) is 3.07. The van der Waals surface area contributed by atoms with Crippen LogP contribution in [0.1, 0.15) is 42.4 Å². The molecule has 1 aliphatic rings. The van der Waals surface area contributed by atoms with E-state index in [4.69, 9.17) is 4.74 Å². The van der Waals surface area contributed by atoms with Crippen LogP contribution in [-0.2, 0) is 23.4 Å². The average Bonchev–Trinajstić information content (AvgIpc) is 3.29. The fourth-order valence-corrected chi connectivity index (χ4v) is 4.12. The fraction of sp³-hybridized carbons (Fsp3) is 0.280. The smallest absolute Gasteiger partial charge is 0.230 e. The van der Waals surface area contributed by atoms with Gasteiger partial charge < -0.3 is 10.1 Å². The number of nitrogens with zero attached hydrogens (tertiary/aromatic N) is 1. The molecule has 0 radical (unpaired) electrons. The molecule has 3 aromatic rings. The minimum absolute atomic E-state index is 0.0255. The number of hydrogen-bond acceptors (Lipinski definition) is 3. The largest absolute Gasteiger partial charge is 0.489 e. The van der Waals surface area contributed by atoms with Gasteiger partial charge in [0.1, 0.15) is 18.2 Å². The number of pyridine rings is 1. The standard InChI is InChI=1S/C25H25FN2O2/c26-22-7-3-6-21(15-22)25(12-1-2-13-25)24(29)28-17-19-8-10-23(11-9-19)30-18-20-5-4-14-27-16-20/h3-11,14-16H,1-2,12-13,17-18H2,(H,28,29). The van der Waals surface area contributed by atoms with Gasteiger partial charge in [0, 0.05) is 24.5 Å². The molecule has 0 bridgehead atoms. The molecule has 0 spiro atoms. The number of amides is 1. The first-order chi connectivity index (χ1) is 14.7. The van der Waals surface area contributed by atoms with Gasteiger partial charge in [0.05, 0.1) is 5.41 Å². The Labute approximate surface area is 176 Å². The molecule has 1 amide bonds. The zero-order valence-corrected chi connectivity index (χ0v) is 16.8. The molecular formula is C25H25FN2O2. The molecule has 1 aromatic heterocycles. The van der Waals surface area contributed by atoms with Gasteiger partial charge in [0.25, 0.3) is 0 Å². The Morgan fingerprint density at radius 1 is 1.03 bits per heavy atom. The molecule has 0 saturated heterocycles. The summed E-state index contributed by atoms with van der Waals surface area (Å²) in [6.45, 7) is 0.888. The Morgan fingerprint density at radius 3 is 2.53 bits per heavy atom. The molecule has 1 aliphatic carbocycles. The number of halogens is 1. The first-order valence-corrected chi connectivity index (χ1v) is 10.3. The van der Waals surface area contributed by atoms with Crippen molar-refractivity contribution in [3.05, 3.63) is 95.6 Å². The minimum atomic E-state index is -0.630. The van der Waals surface area contributed by atoms with Gasteiger partial charge >= 0.3 is 0 Å². The summed E-state index contributed by atoms with van der Waals surface area (Å²) in [6, 6.07) is 18.0. The highest BCUT2D eigenvalue weighted by Gasteiger charge is 2.42. The van der Waals surface area contributed by atoms with Gasteiger partial charge in [-0.1, -0.05) is 43.2 Å². The number of nitrogens with one attached hydrogen (secondary N) is 1. The van der Waals surface area contributed by atoms with Gasteiger partial charge in [0.15, 0.2) is 0 Å². The predicted molar refractivity (Wildman–Crippen MR) is 113 cm³/mol. The summed E-state index contributed by atoms with van der Waals surface area (Å²) < 4.78 is 19.5. The molecule has 2 aromatic carbocycles. The fourth-order valence-electron chi connectivity index (χ4n) is 4.12. The number of benzene rings is 2. The van der Waals surface area contributed by atoms with Crippen LogP contribution in [0.25, 0.3) is 0 Å². The Bertz CT molecular complexity index is 984. The van der Waals surface area contributed by atoms with E-state index in [0.29, 0.717) is 13.2 Å². The third kappa shape index (κ3) is 4.51. The van der Waals surface area contributed by atoms with E-state index in [2.05, 4.69) is 10.3 Å². The molecule has 1 fully saturated rings. The van der Waals surface area contributed by atoms with Crippen molar-refractivity contribution in [3.63, 3.8) is 0 Å². The van der Waals surface area contributed by atoms with Crippen LogP contribution < -0.4 is 10.1 Å². The molecule has 5 heteroatoms. The quantitative estimate of drug-likeness (QED) is 0.608. The lowest BCUT2D eigenvalue weighted by atomic mass is 9.78. The Kier molecular flexibility index (Phi) is 6.07. The molecule has 0 aliphatic heterocycles. The van der Waals surface area contributed by atoms with E-state index in [1.807, 2.05) is 42.5 Å². The number of rotatable bonds is 7. The van der Waals surface area contributed by atoms with Crippen molar-refractivity contribution >= 4 is 5.91 Å². The lowest BCUT2D eigenvalue weighted by Gasteiger charge is -2.28. The highest BCUT2D eigenvalue weighted by molar-refractivity contribution is 5.88. The highest BCUT2D eigenvalue weighted by Crippen LogP contribution is 2.41. The number of ether oxygens (including phenoxy) is 1. The van der Waals surface area contributed by atoms with Gasteiger partial charge in [-0.25, -0.2) is 4.39 Å². The van der Waals surface area contributed by atoms with Crippen molar-refractivity contribution in [2.24, 2.45) is 0 Å². The van der Waals surface area contributed by atoms with E-state index in [1.54, 1.807) is 18.5 Å². The number of hydrogen-bond donors (Lipinski definition) is 1. The van der Waals surface area contributed by atoms with Crippen molar-refractivity contribution in [3.8, 4) is 5.75 Å². The van der Waals surface area contributed by atoms with Crippen molar-refractivity contribution in [2.75, 3.05) is 0 Å².